The minimum atomic E-state index is -4.69. The molecule has 0 radical (unpaired) electrons. The van der Waals surface area contributed by atoms with Gasteiger partial charge in [0, 0.05) is 12.6 Å². The summed E-state index contributed by atoms with van der Waals surface area (Å²) in [7, 11) is 0. The van der Waals surface area contributed by atoms with Gasteiger partial charge in [-0.1, -0.05) is 0 Å². The molecule has 0 aromatic rings. The zero-order valence-corrected chi connectivity index (χ0v) is 8.88. The van der Waals surface area contributed by atoms with Gasteiger partial charge in [-0.2, -0.15) is 14.0 Å². The van der Waals surface area contributed by atoms with Crippen LogP contribution < -0.4 is 0 Å². The maximum absolute atomic E-state index is 12.8. The molecule has 0 aliphatic heterocycles. The van der Waals surface area contributed by atoms with Crippen LogP contribution in [0.2, 0.25) is 0 Å². The Morgan fingerprint density at radius 1 is 1.44 bits per heavy atom. The van der Waals surface area contributed by atoms with E-state index in [9.17, 15) is 22.4 Å². The molecule has 92 valence electrons. The molecule has 1 amide bonds. The zero-order chi connectivity index (χ0) is 12.9. The Hall–Kier alpha value is -1.32. The van der Waals surface area contributed by atoms with Crippen molar-refractivity contribution < 1.29 is 22.4 Å². The van der Waals surface area contributed by atoms with Crippen LogP contribution in [0.4, 0.5) is 17.6 Å². The molecule has 0 fully saturated rings. The second-order valence-corrected chi connectivity index (χ2v) is 3.42. The molecule has 0 spiro atoms. The van der Waals surface area contributed by atoms with E-state index in [0.717, 1.165) is 0 Å². The van der Waals surface area contributed by atoms with Gasteiger partial charge in [0.25, 0.3) is 5.91 Å². The lowest BCUT2D eigenvalue weighted by atomic mass is 10.2. The Morgan fingerprint density at radius 2 is 1.94 bits per heavy atom. The number of nitriles is 1. The molecule has 7 heteroatoms. The zero-order valence-electron chi connectivity index (χ0n) is 8.88. The lowest BCUT2D eigenvalue weighted by Gasteiger charge is -2.29. The molecule has 0 heterocycles. The summed E-state index contributed by atoms with van der Waals surface area (Å²) in [6, 6.07) is 1.00. The highest BCUT2D eigenvalue weighted by atomic mass is 19.3. The first-order valence-electron chi connectivity index (χ1n) is 4.59. The number of carbonyl (C=O) groups is 1. The Kier molecular flexibility index (Phi) is 5.21. The smallest absolute Gasteiger partial charge is 0.334 e. The van der Waals surface area contributed by atoms with Crippen LogP contribution in [0, 0.1) is 11.3 Å². The van der Waals surface area contributed by atoms with Gasteiger partial charge in [0.1, 0.15) is 0 Å². The van der Waals surface area contributed by atoms with Gasteiger partial charge in [0.2, 0.25) is 0 Å². The predicted molar refractivity (Wildman–Crippen MR) is 48.0 cm³/mol. The molecule has 0 aliphatic carbocycles. The van der Waals surface area contributed by atoms with Crippen LogP contribution in [-0.2, 0) is 4.79 Å². The van der Waals surface area contributed by atoms with Gasteiger partial charge in [-0.15, -0.1) is 0 Å². The SMILES string of the molecule is CC(C)N(CCC#N)C(=O)C(F)(F)C(F)F. The molecule has 0 rings (SSSR count). The number of hydrogen-bond acceptors (Lipinski definition) is 2. The fourth-order valence-corrected chi connectivity index (χ4v) is 1.05. The van der Waals surface area contributed by atoms with Crippen LogP contribution >= 0.6 is 0 Å². The summed E-state index contributed by atoms with van der Waals surface area (Å²) >= 11 is 0. The van der Waals surface area contributed by atoms with Crippen molar-refractivity contribution >= 4 is 5.91 Å². The number of carbonyl (C=O) groups excluding carboxylic acids is 1. The van der Waals surface area contributed by atoms with Crippen LogP contribution in [0.3, 0.4) is 0 Å². The van der Waals surface area contributed by atoms with Gasteiger partial charge in [-0.3, -0.25) is 4.79 Å². The molecule has 3 nitrogen and oxygen atoms in total. The van der Waals surface area contributed by atoms with Crippen molar-refractivity contribution in [3.05, 3.63) is 0 Å². The molecular formula is C9H12F4N2O. The molecule has 0 aromatic carbocycles. The number of rotatable bonds is 5. The third-order valence-corrected chi connectivity index (χ3v) is 1.91. The molecular weight excluding hydrogens is 228 g/mol. The van der Waals surface area contributed by atoms with Crippen LogP contribution in [0.5, 0.6) is 0 Å². The summed E-state index contributed by atoms with van der Waals surface area (Å²) in [6.07, 6.45) is -4.22. The van der Waals surface area contributed by atoms with E-state index >= 15 is 0 Å². The van der Waals surface area contributed by atoms with Crippen molar-refractivity contribution in [1.29, 1.82) is 5.26 Å². The lowest BCUT2D eigenvalue weighted by Crippen LogP contribution is -2.50. The highest BCUT2D eigenvalue weighted by Crippen LogP contribution is 2.26. The average molecular weight is 240 g/mol. The van der Waals surface area contributed by atoms with Crippen molar-refractivity contribution in [2.24, 2.45) is 0 Å². The minimum absolute atomic E-state index is 0.177. The summed E-state index contributed by atoms with van der Waals surface area (Å²) in [5, 5.41) is 8.27. The molecule has 0 saturated heterocycles. The van der Waals surface area contributed by atoms with Crippen LogP contribution in [0.15, 0.2) is 0 Å². The Balaban J connectivity index is 4.82. The Morgan fingerprint density at radius 3 is 2.25 bits per heavy atom. The second kappa shape index (κ2) is 5.68. The number of halogens is 4. The summed E-state index contributed by atoms with van der Waals surface area (Å²) in [5.41, 5.74) is 0. The van der Waals surface area contributed by atoms with Gasteiger partial charge < -0.3 is 4.90 Å². The molecule has 0 aliphatic rings. The van der Waals surface area contributed by atoms with Crippen LogP contribution in [-0.4, -0.2) is 35.7 Å². The highest BCUT2D eigenvalue weighted by Gasteiger charge is 2.51. The maximum atomic E-state index is 12.8. The van der Waals surface area contributed by atoms with E-state index in [4.69, 9.17) is 5.26 Å². The summed E-state index contributed by atoms with van der Waals surface area (Å²) in [4.78, 5) is 11.7. The largest absolute Gasteiger partial charge is 0.383 e. The third kappa shape index (κ3) is 3.36. The molecule has 0 aromatic heterocycles. The maximum Gasteiger partial charge on any atom is 0.383 e. The highest BCUT2D eigenvalue weighted by molar-refractivity contribution is 5.84. The average Bonchev–Trinajstić information content (AvgIpc) is 2.17. The van der Waals surface area contributed by atoms with Gasteiger partial charge in [-0.05, 0) is 13.8 Å². The number of alkyl halides is 4. The second-order valence-electron chi connectivity index (χ2n) is 3.42. The monoisotopic (exact) mass is 240 g/mol. The van der Waals surface area contributed by atoms with Gasteiger partial charge in [0.15, 0.2) is 0 Å². The van der Waals surface area contributed by atoms with Crippen LogP contribution in [0.1, 0.15) is 20.3 Å². The topological polar surface area (TPSA) is 44.1 Å². The van der Waals surface area contributed by atoms with E-state index in [1.54, 1.807) is 6.07 Å². The van der Waals surface area contributed by atoms with Crippen LogP contribution in [0.25, 0.3) is 0 Å². The van der Waals surface area contributed by atoms with Crippen molar-refractivity contribution in [2.45, 2.75) is 38.7 Å². The number of nitrogens with zero attached hydrogens (tertiary/aromatic N) is 2. The molecule has 0 bridgehead atoms. The minimum Gasteiger partial charge on any atom is -0.334 e. The lowest BCUT2D eigenvalue weighted by molar-refractivity contribution is -0.182. The standard InChI is InChI=1S/C9H12F4N2O/c1-6(2)15(5-3-4-14)8(16)9(12,13)7(10)11/h6-7H,3,5H2,1-2H3. The van der Waals surface area contributed by atoms with Crippen molar-refractivity contribution in [1.82, 2.24) is 4.90 Å². The van der Waals surface area contributed by atoms with Crippen molar-refractivity contribution in [3.8, 4) is 6.07 Å². The van der Waals surface area contributed by atoms with E-state index in [-0.39, 0.29) is 13.0 Å². The Bertz CT molecular complexity index is 286. The van der Waals surface area contributed by atoms with E-state index in [1.165, 1.54) is 13.8 Å². The summed E-state index contributed by atoms with van der Waals surface area (Å²) < 4.78 is 49.4. The quantitative estimate of drug-likeness (QED) is 0.690. The van der Waals surface area contributed by atoms with Gasteiger partial charge in [0.05, 0.1) is 12.5 Å². The summed E-state index contributed by atoms with van der Waals surface area (Å²) in [5.74, 6) is -6.63. The fourth-order valence-electron chi connectivity index (χ4n) is 1.05. The fraction of sp³-hybridized carbons (Fsp3) is 0.778. The first kappa shape index (κ1) is 14.7. The van der Waals surface area contributed by atoms with E-state index in [0.29, 0.717) is 4.90 Å². The Labute approximate surface area is 90.6 Å². The van der Waals surface area contributed by atoms with Crippen molar-refractivity contribution in [3.63, 3.8) is 0 Å². The number of hydrogen-bond donors (Lipinski definition) is 0. The molecule has 0 atom stereocenters. The van der Waals surface area contributed by atoms with E-state index in [1.807, 2.05) is 0 Å². The normalized spacial score (nSPS) is 11.7. The van der Waals surface area contributed by atoms with Gasteiger partial charge in [-0.25, -0.2) is 8.78 Å². The first-order valence-corrected chi connectivity index (χ1v) is 4.59. The molecule has 0 N–H and O–H groups in total. The molecule has 0 unspecified atom stereocenters. The van der Waals surface area contributed by atoms with E-state index < -0.39 is 24.3 Å². The van der Waals surface area contributed by atoms with Gasteiger partial charge >= 0.3 is 12.3 Å². The first-order chi connectivity index (χ1) is 7.25. The molecule has 16 heavy (non-hydrogen) atoms. The molecule has 0 saturated carbocycles. The summed E-state index contributed by atoms with van der Waals surface area (Å²) in [6.45, 7) is 2.54. The third-order valence-electron chi connectivity index (χ3n) is 1.91. The predicted octanol–water partition coefficient (Wildman–Crippen LogP) is 2.04. The number of amides is 1. The van der Waals surface area contributed by atoms with Crippen molar-refractivity contribution in [2.75, 3.05) is 6.54 Å². The van der Waals surface area contributed by atoms with E-state index in [2.05, 4.69) is 0 Å².